The summed E-state index contributed by atoms with van der Waals surface area (Å²) in [5, 5.41) is 2.59. The minimum atomic E-state index is -0.196. The van der Waals surface area contributed by atoms with Gasteiger partial charge in [0.15, 0.2) is 0 Å². The molecule has 0 fully saturated rings. The molecule has 0 aromatic rings. The van der Waals surface area contributed by atoms with Crippen molar-refractivity contribution in [3.8, 4) is 0 Å². The van der Waals surface area contributed by atoms with Gasteiger partial charge in [-0.3, -0.25) is 4.79 Å². The molecule has 2 heteroatoms. The third-order valence-electron chi connectivity index (χ3n) is 0.707. The molecule has 0 aliphatic rings. The Morgan fingerprint density at radius 1 is 1.75 bits per heavy atom. The number of amides is 1. The molecule has 1 amide bonds. The largest absolute Gasteiger partial charge is 0.356 e. The molecule has 1 radical (unpaired) electrons. The summed E-state index contributed by atoms with van der Waals surface area (Å²) in [6.45, 7) is 7.96. The molecule has 2 nitrogen and oxygen atoms in total. The Hall–Kier alpha value is -0.530. The minimum absolute atomic E-state index is 0.196. The maximum atomic E-state index is 10.1. The highest BCUT2D eigenvalue weighted by molar-refractivity contribution is 5.79. The van der Waals surface area contributed by atoms with Crippen LogP contribution in [-0.4, -0.2) is 12.5 Å². The number of rotatable bonds is 2. The normalized spacial score (nSPS) is 9.50. The van der Waals surface area contributed by atoms with Gasteiger partial charge in [-0.15, -0.1) is 0 Å². The Labute approximate surface area is 50.3 Å². The first-order valence-corrected chi connectivity index (χ1v) is 2.72. The summed E-state index contributed by atoms with van der Waals surface area (Å²) in [5.74, 6) is 0.319. The predicted octanol–water partition coefficient (Wildman–Crippen LogP) is 0.593. The first-order valence-electron chi connectivity index (χ1n) is 2.72. The smallest absolute Gasteiger partial charge is 0.220 e. The Balaban J connectivity index is 3.05. The molecule has 0 aromatic heterocycles. The molecular formula is C6H12NO. The van der Waals surface area contributed by atoms with Crippen molar-refractivity contribution in [3.05, 3.63) is 6.92 Å². The molecule has 0 saturated heterocycles. The Morgan fingerprint density at radius 3 is 2.38 bits per heavy atom. The van der Waals surface area contributed by atoms with Crippen molar-refractivity contribution in [1.82, 2.24) is 5.32 Å². The fourth-order valence-electron chi connectivity index (χ4n) is 0.318. The molecule has 1 N–H and O–H groups in total. The van der Waals surface area contributed by atoms with E-state index in [4.69, 9.17) is 0 Å². The van der Waals surface area contributed by atoms with Crippen LogP contribution in [0.4, 0.5) is 0 Å². The standard InChI is InChI=1S/C6H12NO/c1-5(2)4-7-6(3)8/h5H,3-4H2,1-2H3,(H,7,8). The molecule has 0 heterocycles. The van der Waals surface area contributed by atoms with Crippen LogP contribution in [0.3, 0.4) is 0 Å². The fraction of sp³-hybridized carbons (Fsp3) is 0.667. The summed E-state index contributed by atoms with van der Waals surface area (Å²) in [6.07, 6.45) is 0. The Kier molecular flexibility index (Phi) is 3.24. The van der Waals surface area contributed by atoms with Crippen molar-refractivity contribution in [2.45, 2.75) is 13.8 Å². The summed E-state index contributed by atoms with van der Waals surface area (Å²) in [4.78, 5) is 10.1. The van der Waals surface area contributed by atoms with Gasteiger partial charge in [-0.05, 0) is 5.92 Å². The van der Waals surface area contributed by atoms with Crippen LogP contribution in [0.2, 0.25) is 0 Å². The van der Waals surface area contributed by atoms with Gasteiger partial charge in [-0.25, -0.2) is 0 Å². The van der Waals surface area contributed by atoms with Gasteiger partial charge in [0, 0.05) is 13.5 Å². The SMILES string of the molecule is [CH2]C(=O)NCC(C)C. The van der Waals surface area contributed by atoms with Crippen molar-refractivity contribution >= 4 is 5.91 Å². The van der Waals surface area contributed by atoms with E-state index in [1.165, 1.54) is 0 Å². The third-order valence-corrected chi connectivity index (χ3v) is 0.707. The highest BCUT2D eigenvalue weighted by atomic mass is 16.1. The average Bonchev–Trinajstić information content (AvgIpc) is 1.61. The topological polar surface area (TPSA) is 29.1 Å². The second-order valence-electron chi connectivity index (χ2n) is 2.20. The van der Waals surface area contributed by atoms with E-state index in [1.54, 1.807) is 0 Å². The Bertz CT molecular complexity index is 78.6. The molecule has 0 aromatic carbocycles. The summed E-state index contributed by atoms with van der Waals surface area (Å²) in [7, 11) is 0. The third kappa shape index (κ3) is 5.47. The minimum Gasteiger partial charge on any atom is -0.356 e. The zero-order valence-electron chi connectivity index (χ0n) is 5.40. The van der Waals surface area contributed by atoms with Crippen molar-refractivity contribution in [2.24, 2.45) is 5.92 Å². The molecule has 0 rings (SSSR count). The maximum Gasteiger partial charge on any atom is 0.220 e. The molecule has 0 aliphatic carbocycles. The first-order chi connectivity index (χ1) is 3.63. The summed E-state index contributed by atoms with van der Waals surface area (Å²) >= 11 is 0. The van der Waals surface area contributed by atoms with Gasteiger partial charge in [0.2, 0.25) is 5.91 Å². The molecule has 0 unspecified atom stereocenters. The van der Waals surface area contributed by atoms with Gasteiger partial charge in [-0.2, -0.15) is 0 Å². The number of carbonyl (C=O) groups excluding carboxylic acids is 1. The van der Waals surface area contributed by atoms with E-state index in [-0.39, 0.29) is 5.91 Å². The molecule has 0 saturated carbocycles. The zero-order chi connectivity index (χ0) is 6.57. The number of nitrogens with one attached hydrogen (secondary N) is 1. The van der Waals surface area contributed by atoms with Gasteiger partial charge in [0.25, 0.3) is 0 Å². The van der Waals surface area contributed by atoms with Gasteiger partial charge in [0.1, 0.15) is 0 Å². The van der Waals surface area contributed by atoms with Crippen LogP contribution in [0.5, 0.6) is 0 Å². The number of carbonyl (C=O) groups is 1. The molecule has 0 spiro atoms. The van der Waals surface area contributed by atoms with E-state index in [9.17, 15) is 4.79 Å². The van der Waals surface area contributed by atoms with Crippen LogP contribution >= 0.6 is 0 Å². The molecule has 0 bridgehead atoms. The van der Waals surface area contributed by atoms with E-state index >= 15 is 0 Å². The summed E-state index contributed by atoms with van der Waals surface area (Å²) in [6, 6.07) is 0. The van der Waals surface area contributed by atoms with Gasteiger partial charge >= 0.3 is 0 Å². The first kappa shape index (κ1) is 7.47. The summed E-state index contributed by atoms with van der Waals surface area (Å²) in [5.41, 5.74) is 0. The quantitative estimate of drug-likeness (QED) is 0.559. The summed E-state index contributed by atoms with van der Waals surface area (Å²) < 4.78 is 0. The van der Waals surface area contributed by atoms with Gasteiger partial charge < -0.3 is 5.32 Å². The molecule has 0 atom stereocenters. The fourth-order valence-corrected chi connectivity index (χ4v) is 0.318. The second-order valence-corrected chi connectivity index (χ2v) is 2.20. The van der Waals surface area contributed by atoms with Crippen LogP contribution in [0.15, 0.2) is 0 Å². The molecular weight excluding hydrogens is 102 g/mol. The number of hydrogen-bond donors (Lipinski definition) is 1. The van der Waals surface area contributed by atoms with Crippen molar-refractivity contribution in [2.75, 3.05) is 6.54 Å². The lowest BCUT2D eigenvalue weighted by molar-refractivity contribution is -0.116. The van der Waals surface area contributed by atoms with E-state index in [0.717, 1.165) is 6.54 Å². The van der Waals surface area contributed by atoms with Crippen LogP contribution in [0.25, 0.3) is 0 Å². The van der Waals surface area contributed by atoms with E-state index < -0.39 is 0 Å². The van der Waals surface area contributed by atoms with Crippen LogP contribution in [0, 0.1) is 12.8 Å². The van der Waals surface area contributed by atoms with Crippen molar-refractivity contribution in [1.29, 1.82) is 0 Å². The lowest BCUT2D eigenvalue weighted by atomic mass is 10.2. The average molecular weight is 114 g/mol. The van der Waals surface area contributed by atoms with Crippen molar-refractivity contribution in [3.63, 3.8) is 0 Å². The molecule has 47 valence electrons. The van der Waals surface area contributed by atoms with Gasteiger partial charge in [-0.1, -0.05) is 13.8 Å². The second kappa shape index (κ2) is 3.47. The highest BCUT2D eigenvalue weighted by Gasteiger charge is 1.92. The Morgan fingerprint density at radius 2 is 2.25 bits per heavy atom. The van der Waals surface area contributed by atoms with Crippen molar-refractivity contribution < 1.29 is 4.79 Å². The zero-order valence-corrected chi connectivity index (χ0v) is 5.40. The van der Waals surface area contributed by atoms with Crippen LogP contribution < -0.4 is 5.32 Å². The molecule has 0 aliphatic heterocycles. The van der Waals surface area contributed by atoms with E-state index in [1.807, 2.05) is 13.8 Å². The molecule has 8 heavy (non-hydrogen) atoms. The maximum absolute atomic E-state index is 10.1. The van der Waals surface area contributed by atoms with Crippen LogP contribution in [0.1, 0.15) is 13.8 Å². The van der Waals surface area contributed by atoms with E-state index in [2.05, 4.69) is 12.2 Å². The monoisotopic (exact) mass is 114 g/mol. The van der Waals surface area contributed by atoms with Gasteiger partial charge in [0.05, 0.1) is 0 Å². The van der Waals surface area contributed by atoms with Crippen LogP contribution in [-0.2, 0) is 4.79 Å². The predicted molar refractivity (Wildman–Crippen MR) is 33.2 cm³/mol. The number of hydrogen-bond acceptors (Lipinski definition) is 1. The highest BCUT2D eigenvalue weighted by Crippen LogP contribution is 1.85. The lowest BCUT2D eigenvalue weighted by Crippen LogP contribution is -2.24. The van der Waals surface area contributed by atoms with E-state index in [0.29, 0.717) is 5.92 Å². The lowest BCUT2D eigenvalue weighted by Gasteiger charge is -2.02.